The Morgan fingerprint density at radius 1 is 1.29 bits per heavy atom. The molecule has 1 fully saturated rings. The number of rotatable bonds is 9. The molecular formula is C25H31N3O6S. The summed E-state index contributed by atoms with van der Waals surface area (Å²) >= 11 is 1.42. The molecule has 1 saturated heterocycles. The van der Waals surface area contributed by atoms with Gasteiger partial charge in [0.2, 0.25) is 5.91 Å². The van der Waals surface area contributed by atoms with Crippen molar-refractivity contribution in [3.63, 3.8) is 0 Å². The summed E-state index contributed by atoms with van der Waals surface area (Å²) in [5, 5.41) is 5.57. The molecule has 2 atom stereocenters. The number of benzene rings is 1. The van der Waals surface area contributed by atoms with Gasteiger partial charge in [-0.15, -0.1) is 0 Å². The Kier molecular flexibility index (Phi) is 8.02. The van der Waals surface area contributed by atoms with Gasteiger partial charge in [0.25, 0.3) is 0 Å². The zero-order valence-corrected chi connectivity index (χ0v) is 21.3. The minimum Gasteiger partial charge on any atom is -0.497 e. The monoisotopic (exact) mass is 501 g/mol. The lowest BCUT2D eigenvalue weighted by Gasteiger charge is -2.36. The molecule has 3 aliphatic rings. The van der Waals surface area contributed by atoms with E-state index in [4.69, 9.17) is 18.9 Å². The normalized spacial score (nSPS) is 21.3. The van der Waals surface area contributed by atoms with Gasteiger partial charge < -0.3 is 29.2 Å². The molecule has 1 aromatic carbocycles. The van der Waals surface area contributed by atoms with Crippen molar-refractivity contribution in [3.05, 3.63) is 46.1 Å². The van der Waals surface area contributed by atoms with E-state index in [0.29, 0.717) is 34.5 Å². The van der Waals surface area contributed by atoms with Crippen molar-refractivity contribution in [2.24, 2.45) is 4.99 Å². The average Bonchev–Trinajstić information content (AvgIpc) is 3.51. The number of hydrogen-bond donors (Lipinski definition) is 1. The van der Waals surface area contributed by atoms with Gasteiger partial charge in [0, 0.05) is 24.4 Å². The topological polar surface area (TPSA) is 98.7 Å². The van der Waals surface area contributed by atoms with E-state index in [1.165, 1.54) is 11.8 Å². The maximum absolute atomic E-state index is 13.1. The SMILES string of the molecule is CCOC(=O)C1=C(C)N=C2SC=C(CC(=O)NCC3CCCO3)N2C1c1cc(OC)ccc1OC. The lowest BCUT2D eigenvalue weighted by molar-refractivity contribution is -0.139. The number of carbonyl (C=O) groups excluding carboxylic acids is 2. The maximum atomic E-state index is 13.1. The summed E-state index contributed by atoms with van der Waals surface area (Å²) < 4.78 is 22.2. The first-order valence-corrected chi connectivity index (χ1v) is 12.6. The fraction of sp³-hybridized carbons (Fsp3) is 0.480. The quantitative estimate of drug-likeness (QED) is 0.513. The molecule has 0 spiro atoms. The Morgan fingerprint density at radius 2 is 2.11 bits per heavy atom. The van der Waals surface area contributed by atoms with Crippen LogP contribution < -0.4 is 14.8 Å². The van der Waals surface area contributed by atoms with Crippen LogP contribution in [0.3, 0.4) is 0 Å². The van der Waals surface area contributed by atoms with Gasteiger partial charge in [0.15, 0.2) is 5.17 Å². The lowest BCUT2D eigenvalue weighted by Crippen LogP contribution is -2.39. The average molecular weight is 502 g/mol. The summed E-state index contributed by atoms with van der Waals surface area (Å²) in [4.78, 5) is 32.6. The maximum Gasteiger partial charge on any atom is 0.338 e. The number of amides is 1. The Morgan fingerprint density at radius 3 is 2.80 bits per heavy atom. The van der Waals surface area contributed by atoms with Crippen LogP contribution in [0.25, 0.3) is 0 Å². The summed E-state index contributed by atoms with van der Waals surface area (Å²) in [6.07, 6.45) is 2.17. The molecule has 0 aliphatic carbocycles. The smallest absolute Gasteiger partial charge is 0.338 e. The summed E-state index contributed by atoms with van der Waals surface area (Å²) in [6.45, 7) is 5.02. The molecule has 0 saturated carbocycles. The van der Waals surface area contributed by atoms with Crippen LogP contribution in [0.15, 0.2) is 45.6 Å². The third kappa shape index (κ3) is 5.33. The molecular weight excluding hydrogens is 470 g/mol. The number of hydrogen-bond acceptors (Lipinski definition) is 9. The zero-order valence-electron chi connectivity index (χ0n) is 20.5. The molecule has 3 heterocycles. The summed E-state index contributed by atoms with van der Waals surface area (Å²) in [5.41, 5.74) is 2.42. The largest absolute Gasteiger partial charge is 0.497 e. The van der Waals surface area contributed by atoms with Crippen LogP contribution in [0.5, 0.6) is 11.5 Å². The van der Waals surface area contributed by atoms with Gasteiger partial charge in [-0.2, -0.15) is 0 Å². The predicted octanol–water partition coefficient (Wildman–Crippen LogP) is 3.53. The van der Waals surface area contributed by atoms with E-state index in [9.17, 15) is 9.59 Å². The highest BCUT2D eigenvalue weighted by Gasteiger charge is 2.42. The standard InChI is InChI=1S/C25H31N3O6S/c1-5-33-24(30)22-15(2)27-25-28(23(22)19-12-17(31-3)8-9-20(19)32-4)16(14-35-25)11-21(29)26-13-18-7-6-10-34-18/h8-9,12,14,18,23H,5-7,10-11,13H2,1-4H3,(H,26,29). The van der Waals surface area contributed by atoms with Crippen molar-refractivity contribution in [1.29, 1.82) is 0 Å². The van der Waals surface area contributed by atoms with Crippen molar-refractivity contribution in [1.82, 2.24) is 10.2 Å². The molecule has 10 heteroatoms. The fourth-order valence-electron chi connectivity index (χ4n) is 4.45. The number of carbonyl (C=O) groups is 2. The first-order valence-electron chi connectivity index (χ1n) is 11.7. The second-order valence-electron chi connectivity index (χ2n) is 8.34. The molecule has 0 aromatic heterocycles. The highest BCUT2D eigenvalue weighted by molar-refractivity contribution is 8.16. The number of nitrogens with one attached hydrogen (secondary N) is 1. The number of allylic oxidation sites excluding steroid dienone is 1. The molecule has 0 radical (unpaired) electrons. The molecule has 9 nitrogen and oxygen atoms in total. The number of thioether (sulfide) groups is 1. The van der Waals surface area contributed by atoms with Crippen LogP contribution in [-0.2, 0) is 19.1 Å². The van der Waals surface area contributed by atoms with Crippen LogP contribution in [0.4, 0.5) is 0 Å². The summed E-state index contributed by atoms with van der Waals surface area (Å²) in [7, 11) is 3.17. The van der Waals surface area contributed by atoms with Gasteiger partial charge in [0.05, 0.1) is 50.7 Å². The van der Waals surface area contributed by atoms with E-state index in [1.807, 2.05) is 16.4 Å². The van der Waals surface area contributed by atoms with E-state index in [2.05, 4.69) is 10.3 Å². The summed E-state index contributed by atoms with van der Waals surface area (Å²) in [6, 6.07) is 4.85. The molecule has 4 rings (SSSR count). The fourth-order valence-corrected chi connectivity index (χ4v) is 5.41. The number of nitrogens with zero attached hydrogens (tertiary/aromatic N) is 2. The van der Waals surface area contributed by atoms with Gasteiger partial charge in [-0.3, -0.25) is 4.79 Å². The van der Waals surface area contributed by atoms with E-state index in [1.54, 1.807) is 40.2 Å². The zero-order chi connectivity index (χ0) is 24.9. The van der Waals surface area contributed by atoms with Crippen LogP contribution in [0.1, 0.15) is 44.7 Å². The third-order valence-corrected chi connectivity index (χ3v) is 7.01. The van der Waals surface area contributed by atoms with E-state index >= 15 is 0 Å². The van der Waals surface area contributed by atoms with Crippen LogP contribution in [-0.4, -0.2) is 62.0 Å². The second kappa shape index (κ2) is 11.2. The van der Waals surface area contributed by atoms with Crippen molar-refractivity contribution >= 4 is 28.8 Å². The first kappa shape index (κ1) is 25.1. The van der Waals surface area contributed by atoms with E-state index in [0.717, 1.165) is 30.7 Å². The number of methoxy groups -OCH3 is 2. The Hall–Kier alpha value is -2.98. The van der Waals surface area contributed by atoms with Gasteiger partial charge in [0.1, 0.15) is 11.5 Å². The molecule has 1 aromatic rings. The second-order valence-corrected chi connectivity index (χ2v) is 9.17. The van der Waals surface area contributed by atoms with Gasteiger partial charge in [-0.1, -0.05) is 11.8 Å². The van der Waals surface area contributed by atoms with Gasteiger partial charge >= 0.3 is 5.97 Å². The molecule has 0 bridgehead atoms. The van der Waals surface area contributed by atoms with Crippen molar-refractivity contribution in [2.75, 3.05) is 34.0 Å². The van der Waals surface area contributed by atoms with Crippen molar-refractivity contribution in [2.45, 2.75) is 45.3 Å². The van der Waals surface area contributed by atoms with Crippen LogP contribution >= 0.6 is 11.8 Å². The van der Waals surface area contributed by atoms with Crippen molar-refractivity contribution < 1.29 is 28.5 Å². The highest BCUT2D eigenvalue weighted by atomic mass is 32.2. The van der Waals surface area contributed by atoms with E-state index < -0.39 is 12.0 Å². The molecule has 35 heavy (non-hydrogen) atoms. The molecule has 3 aliphatic heterocycles. The number of aliphatic imine (C=N–C) groups is 1. The predicted molar refractivity (Wildman–Crippen MR) is 133 cm³/mol. The van der Waals surface area contributed by atoms with E-state index in [-0.39, 0.29) is 25.0 Å². The van der Waals surface area contributed by atoms with Crippen LogP contribution in [0.2, 0.25) is 0 Å². The number of fused-ring (bicyclic) bond motifs is 1. The number of ether oxygens (including phenoxy) is 4. The Balaban J connectivity index is 1.68. The lowest BCUT2D eigenvalue weighted by atomic mass is 9.92. The molecule has 188 valence electrons. The first-order chi connectivity index (χ1) is 17.0. The Bertz CT molecular complexity index is 1080. The molecule has 2 unspecified atom stereocenters. The molecule has 1 N–H and O–H groups in total. The van der Waals surface area contributed by atoms with Gasteiger partial charge in [-0.25, -0.2) is 9.79 Å². The number of esters is 1. The minimum absolute atomic E-state index is 0.0628. The Labute approximate surface area is 209 Å². The summed E-state index contributed by atoms with van der Waals surface area (Å²) in [5.74, 6) is 0.638. The minimum atomic E-state index is -0.598. The third-order valence-electron chi connectivity index (χ3n) is 6.12. The number of amidine groups is 1. The van der Waals surface area contributed by atoms with Crippen LogP contribution in [0, 0.1) is 0 Å². The van der Waals surface area contributed by atoms with Crippen molar-refractivity contribution in [3.8, 4) is 11.5 Å². The highest BCUT2D eigenvalue weighted by Crippen LogP contribution is 2.47. The van der Waals surface area contributed by atoms with Gasteiger partial charge in [-0.05, 0) is 50.3 Å². The molecule has 1 amide bonds.